The highest BCUT2D eigenvalue weighted by molar-refractivity contribution is 9.10. The Hall–Kier alpha value is -3.31. The van der Waals surface area contributed by atoms with Crippen LogP contribution in [0.4, 0.5) is 5.69 Å². The molecule has 0 saturated carbocycles. The zero-order valence-corrected chi connectivity index (χ0v) is 18.5. The van der Waals surface area contributed by atoms with Gasteiger partial charge in [-0.05, 0) is 64.4 Å². The Labute approximate surface area is 190 Å². The van der Waals surface area contributed by atoms with Crippen LogP contribution in [-0.2, 0) is 16.2 Å². The normalized spacial score (nSPS) is 13.4. The number of rotatable bonds is 7. The number of thiocarbonyl (C=S) groups is 1. The van der Waals surface area contributed by atoms with Crippen LogP contribution in [0.5, 0.6) is 11.5 Å². The van der Waals surface area contributed by atoms with Crippen molar-refractivity contribution in [3.05, 3.63) is 67.7 Å². The molecule has 11 heteroatoms. The lowest BCUT2D eigenvalue weighted by Crippen LogP contribution is -2.51. The van der Waals surface area contributed by atoms with E-state index in [1.165, 1.54) is 18.2 Å². The minimum atomic E-state index is -0.603. The Morgan fingerprint density at radius 3 is 2.52 bits per heavy atom. The number of carbonyl (C=O) groups is 2. The van der Waals surface area contributed by atoms with Gasteiger partial charge in [-0.1, -0.05) is 12.1 Å². The van der Waals surface area contributed by atoms with Crippen LogP contribution < -0.4 is 20.1 Å². The zero-order valence-electron chi connectivity index (χ0n) is 16.1. The second kappa shape index (κ2) is 9.67. The summed E-state index contributed by atoms with van der Waals surface area (Å²) in [5, 5.41) is 15.7. The number of ether oxygens (including phenoxy) is 2. The lowest BCUT2D eigenvalue weighted by Gasteiger charge is -2.17. The molecule has 1 aliphatic rings. The van der Waals surface area contributed by atoms with Gasteiger partial charge in [0.05, 0.1) is 16.0 Å². The summed E-state index contributed by atoms with van der Waals surface area (Å²) in [7, 11) is 0. The van der Waals surface area contributed by atoms with Gasteiger partial charge in [0.2, 0.25) is 0 Å². The minimum absolute atomic E-state index is 0.0318. The summed E-state index contributed by atoms with van der Waals surface area (Å²) in [6.45, 7) is 2.21. The quantitative estimate of drug-likeness (QED) is 0.195. The predicted octanol–water partition coefficient (Wildman–Crippen LogP) is 3.25. The first kappa shape index (κ1) is 22.4. The maximum atomic E-state index is 12.1. The van der Waals surface area contributed by atoms with Gasteiger partial charge >= 0.3 is 0 Å². The van der Waals surface area contributed by atoms with Crippen molar-refractivity contribution >= 4 is 56.8 Å². The van der Waals surface area contributed by atoms with Crippen LogP contribution >= 0.6 is 28.1 Å². The number of hydrogen-bond donors (Lipinski definition) is 2. The number of benzene rings is 2. The molecule has 0 atom stereocenters. The molecular formula is C20H16BrN3O6S. The molecule has 3 rings (SSSR count). The maximum absolute atomic E-state index is 12.1. The average Bonchev–Trinajstić information content (AvgIpc) is 2.70. The molecule has 0 spiro atoms. The van der Waals surface area contributed by atoms with Gasteiger partial charge in [-0.25, -0.2) is 0 Å². The molecule has 0 radical (unpaired) electrons. The van der Waals surface area contributed by atoms with Crippen molar-refractivity contribution < 1.29 is 24.0 Å². The van der Waals surface area contributed by atoms with E-state index in [0.29, 0.717) is 33.7 Å². The van der Waals surface area contributed by atoms with Gasteiger partial charge in [-0.15, -0.1) is 0 Å². The fourth-order valence-electron chi connectivity index (χ4n) is 2.76. The van der Waals surface area contributed by atoms with Gasteiger partial charge < -0.3 is 9.47 Å². The number of amides is 2. The van der Waals surface area contributed by atoms with Crippen LogP contribution in [0.2, 0.25) is 0 Å². The second-order valence-electron chi connectivity index (χ2n) is 6.27. The van der Waals surface area contributed by atoms with Crippen LogP contribution in [-0.4, -0.2) is 28.5 Å². The lowest BCUT2D eigenvalue weighted by molar-refractivity contribution is -0.384. The summed E-state index contributed by atoms with van der Waals surface area (Å²) in [5.41, 5.74) is 0.997. The molecule has 2 N–H and O–H groups in total. The Kier molecular flexibility index (Phi) is 6.98. The van der Waals surface area contributed by atoms with Crippen molar-refractivity contribution in [2.75, 3.05) is 6.61 Å². The Balaban J connectivity index is 1.89. The summed E-state index contributed by atoms with van der Waals surface area (Å²) >= 11 is 8.21. The van der Waals surface area contributed by atoms with Crippen molar-refractivity contribution in [1.29, 1.82) is 0 Å². The Bertz CT molecular complexity index is 1100. The van der Waals surface area contributed by atoms with Crippen molar-refractivity contribution in [3.8, 4) is 11.5 Å². The Morgan fingerprint density at radius 1 is 1.16 bits per heavy atom. The molecular weight excluding hydrogens is 490 g/mol. The number of nitro benzene ring substituents is 1. The molecule has 1 saturated heterocycles. The smallest absolute Gasteiger partial charge is 0.269 e. The van der Waals surface area contributed by atoms with Crippen LogP contribution in [0.3, 0.4) is 0 Å². The van der Waals surface area contributed by atoms with E-state index in [0.717, 1.165) is 0 Å². The standard InChI is InChI=1S/C20H16BrN3O6S/c1-2-29-16-9-12(7-14-18(25)22-20(31)23-19(14)26)8-15(21)17(16)30-10-11-4-3-5-13(6-11)24(27)28/h3-9H,2,10H2,1H3,(H2,22,23,25,26,31). The molecule has 1 heterocycles. The third kappa shape index (κ3) is 5.44. The van der Waals surface area contributed by atoms with E-state index in [1.807, 2.05) is 0 Å². The fraction of sp³-hybridized carbons (Fsp3) is 0.150. The van der Waals surface area contributed by atoms with E-state index in [9.17, 15) is 19.7 Å². The number of halogens is 1. The van der Waals surface area contributed by atoms with Crippen LogP contribution in [0.1, 0.15) is 18.1 Å². The number of nitrogens with zero attached hydrogens (tertiary/aromatic N) is 1. The van der Waals surface area contributed by atoms with Crippen molar-refractivity contribution in [1.82, 2.24) is 10.6 Å². The van der Waals surface area contributed by atoms with E-state index in [1.54, 1.807) is 31.2 Å². The van der Waals surface area contributed by atoms with Crippen LogP contribution in [0.15, 0.2) is 46.4 Å². The molecule has 0 bridgehead atoms. The molecule has 160 valence electrons. The molecule has 2 aromatic rings. The molecule has 0 unspecified atom stereocenters. The van der Waals surface area contributed by atoms with E-state index in [2.05, 4.69) is 26.6 Å². The SMILES string of the molecule is CCOc1cc(C=C2C(=O)NC(=S)NC2=O)cc(Br)c1OCc1cccc([N+](=O)[O-])c1. The zero-order chi connectivity index (χ0) is 22.5. The van der Waals surface area contributed by atoms with E-state index >= 15 is 0 Å². The summed E-state index contributed by atoms with van der Waals surface area (Å²) < 4.78 is 12.0. The van der Waals surface area contributed by atoms with Gasteiger partial charge in [-0.3, -0.25) is 30.3 Å². The Morgan fingerprint density at radius 2 is 1.87 bits per heavy atom. The molecule has 1 fully saturated rings. The summed E-state index contributed by atoms with van der Waals surface area (Å²) in [6.07, 6.45) is 1.41. The van der Waals surface area contributed by atoms with E-state index < -0.39 is 16.7 Å². The number of nitro groups is 1. The summed E-state index contributed by atoms with van der Waals surface area (Å²) in [4.78, 5) is 34.6. The third-order valence-electron chi connectivity index (χ3n) is 4.09. The van der Waals surface area contributed by atoms with Gasteiger partial charge in [0.25, 0.3) is 17.5 Å². The van der Waals surface area contributed by atoms with Gasteiger partial charge in [0, 0.05) is 12.1 Å². The number of non-ortho nitro benzene ring substituents is 1. The van der Waals surface area contributed by atoms with Crippen LogP contribution in [0, 0.1) is 10.1 Å². The highest BCUT2D eigenvalue weighted by Crippen LogP contribution is 2.38. The predicted molar refractivity (Wildman–Crippen MR) is 120 cm³/mol. The van der Waals surface area contributed by atoms with Crippen LogP contribution in [0.25, 0.3) is 6.08 Å². The highest BCUT2D eigenvalue weighted by atomic mass is 79.9. The van der Waals surface area contributed by atoms with Crippen molar-refractivity contribution in [3.63, 3.8) is 0 Å². The first-order valence-electron chi connectivity index (χ1n) is 8.99. The topological polar surface area (TPSA) is 120 Å². The van der Waals surface area contributed by atoms with Gasteiger partial charge in [0.15, 0.2) is 16.6 Å². The van der Waals surface area contributed by atoms with Gasteiger partial charge in [0.1, 0.15) is 12.2 Å². The monoisotopic (exact) mass is 505 g/mol. The molecule has 0 aliphatic carbocycles. The average molecular weight is 506 g/mol. The van der Waals surface area contributed by atoms with Gasteiger partial charge in [-0.2, -0.15) is 0 Å². The molecule has 1 aliphatic heterocycles. The molecule has 0 aromatic heterocycles. The molecule has 31 heavy (non-hydrogen) atoms. The first-order valence-corrected chi connectivity index (χ1v) is 10.2. The maximum Gasteiger partial charge on any atom is 0.269 e. The fourth-order valence-corrected chi connectivity index (χ4v) is 3.52. The highest BCUT2D eigenvalue weighted by Gasteiger charge is 2.26. The minimum Gasteiger partial charge on any atom is -0.490 e. The lowest BCUT2D eigenvalue weighted by atomic mass is 10.1. The molecule has 2 aromatic carbocycles. The summed E-state index contributed by atoms with van der Waals surface area (Å²) in [6, 6.07) is 9.40. The molecule has 9 nitrogen and oxygen atoms in total. The van der Waals surface area contributed by atoms with Crippen molar-refractivity contribution in [2.24, 2.45) is 0 Å². The second-order valence-corrected chi connectivity index (χ2v) is 7.54. The number of nitrogens with one attached hydrogen (secondary N) is 2. The number of carbonyl (C=O) groups excluding carboxylic acids is 2. The van der Waals surface area contributed by atoms with Crippen molar-refractivity contribution in [2.45, 2.75) is 13.5 Å². The van der Waals surface area contributed by atoms with E-state index in [4.69, 9.17) is 21.7 Å². The first-order chi connectivity index (χ1) is 14.8. The van der Waals surface area contributed by atoms with E-state index in [-0.39, 0.29) is 23.0 Å². The largest absolute Gasteiger partial charge is 0.490 e. The summed E-state index contributed by atoms with van der Waals surface area (Å²) in [5.74, 6) is -0.446. The molecule has 2 amide bonds. The third-order valence-corrected chi connectivity index (χ3v) is 4.88. The number of hydrogen-bond acceptors (Lipinski definition) is 7.